The summed E-state index contributed by atoms with van der Waals surface area (Å²) in [7, 11) is 3.98. The summed E-state index contributed by atoms with van der Waals surface area (Å²) in [4.78, 5) is 30.3. The molecule has 6 nitrogen and oxygen atoms in total. The molecule has 1 aromatic carbocycles. The summed E-state index contributed by atoms with van der Waals surface area (Å²) in [6, 6.07) is 6.30. The number of carbonyl (C=O) groups is 2. The summed E-state index contributed by atoms with van der Waals surface area (Å²) >= 11 is 0. The molecule has 1 saturated heterocycles. The number of nitrogens with zero attached hydrogens (tertiary/aromatic N) is 3. The van der Waals surface area contributed by atoms with Crippen LogP contribution < -0.4 is 10.2 Å². The van der Waals surface area contributed by atoms with E-state index in [1.807, 2.05) is 14.1 Å². The highest BCUT2D eigenvalue weighted by Crippen LogP contribution is 2.23. The number of nitrogens with one attached hydrogen (secondary N) is 1. The number of benzene rings is 1. The molecule has 0 unspecified atom stereocenters. The van der Waals surface area contributed by atoms with Crippen LogP contribution in [0.3, 0.4) is 0 Å². The van der Waals surface area contributed by atoms with Gasteiger partial charge in [-0.3, -0.25) is 9.59 Å². The molecule has 0 aromatic heterocycles. The van der Waals surface area contributed by atoms with Crippen LogP contribution in [0, 0.1) is 13.8 Å². The fourth-order valence-electron chi connectivity index (χ4n) is 3.05. The van der Waals surface area contributed by atoms with Crippen LogP contribution in [-0.2, 0) is 9.59 Å². The molecule has 25 heavy (non-hydrogen) atoms. The van der Waals surface area contributed by atoms with E-state index < -0.39 is 11.8 Å². The Hall–Kier alpha value is -2.08. The van der Waals surface area contributed by atoms with Crippen LogP contribution in [0.2, 0.25) is 0 Å². The van der Waals surface area contributed by atoms with Gasteiger partial charge in [-0.15, -0.1) is 0 Å². The van der Waals surface area contributed by atoms with E-state index in [0.717, 1.165) is 26.1 Å². The molecule has 0 bridgehead atoms. The molecule has 0 spiro atoms. The van der Waals surface area contributed by atoms with Crippen molar-refractivity contribution in [2.45, 2.75) is 20.3 Å². The van der Waals surface area contributed by atoms with Crippen molar-refractivity contribution in [3.8, 4) is 0 Å². The van der Waals surface area contributed by atoms with E-state index >= 15 is 0 Å². The van der Waals surface area contributed by atoms with Crippen LogP contribution in [0.25, 0.3) is 0 Å². The summed E-state index contributed by atoms with van der Waals surface area (Å²) in [6.07, 6.45) is 0.840. The Morgan fingerprint density at radius 1 is 1.12 bits per heavy atom. The lowest BCUT2D eigenvalue weighted by Gasteiger charge is -2.36. The zero-order valence-electron chi connectivity index (χ0n) is 15.8. The van der Waals surface area contributed by atoms with Crippen molar-refractivity contribution >= 4 is 17.5 Å². The van der Waals surface area contributed by atoms with E-state index in [-0.39, 0.29) is 0 Å². The lowest BCUT2D eigenvalue weighted by atomic mass is 10.1. The minimum atomic E-state index is -0.487. The highest BCUT2D eigenvalue weighted by atomic mass is 16.2. The summed E-state index contributed by atoms with van der Waals surface area (Å²) in [6.45, 7) is 8.33. The molecule has 2 amide bonds. The number of piperazine rings is 1. The van der Waals surface area contributed by atoms with Gasteiger partial charge in [0.05, 0.1) is 0 Å². The Morgan fingerprint density at radius 2 is 1.80 bits per heavy atom. The number of hydrogen-bond donors (Lipinski definition) is 1. The predicted octanol–water partition coefficient (Wildman–Crippen LogP) is 1.02. The molecule has 1 aromatic rings. The van der Waals surface area contributed by atoms with Gasteiger partial charge in [0.25, 0.3) is 0 Å². The molecule has 0 saturated carbocycles. The summed E-state index contributed by atoms with van der Waals surface area (Å²) in [5, 5.41) is 2.72. The lowest BCUT2D eigenvalue weighted by molar-refractivity contribution is -0.146. The molecule has 1 N–H and O–H groups in total. The van der Waals surface area contributed by atoms with E-state index in [9.17, 15) is 9.59 Å². The first-order valence-electron chi connectivity index (χ1n) is 8.93. The first-order chi connectivity index (χ1) is 11.9. The average Bonchev–Trinajstić information content (AvgIpc) is 2.60. The van der Waals surface area contributed by atoms with Gasteiger partial charge in [0.15, 0.2) is 0 Å². The zero-order chi connectivity index (χ0) is 18.4. The zero-order valence-corrected chi connectivity index (χ0v) is 15.8. The largest absolute Gasteiger partial charge is 0.368 e. The SMILES string of the molecule is Cc1cccc(N2CCN(C(=O)C(=O)NCCCN(C)C)CC2)c1C. The summed E-state index contributed by atoms with van der Waals surface area (Å²) in [5.74, 6) is -0.899. The second kappa shape index (κ2) is 8.85. The minimum Gasteiger partial charge on any atom is -0.368 e. The van der Waals surface area contributed by atoms with Crippen LogP contribution in [0.5, 0.6) is 0 Å². The van der Waals surface area contributed by atoms with Crippen LogP contribution in [0.1, 0.15) is 17.5 Å². The summed E-state index contributed by atoms with van der Waals surface area (Å²) in [5.41, 5.74) is 3.77. The van der Waals surface area contributed by atoms with Crippen LogP contribution >= 0.6 is 0 Å². The van der Waals surface area contributed by atoms with Gasteiger partial charge in [-0.1, -0.05) is 12.1 Å². The van der Waals surface area contributed by atoms with Gasteiger partial charge in [0, 0.05) is 38.4 Å². The first kappa shape index (κ1) is 19.2. The summed E-state index contributed by atoms with van der Waals surface area (Å²) < 4.78 is 0. The third-order valence-electron chi connectivity index (χ3n) is 4.75. The maximum atomic E-state index is 12.3. The standard InChI is InChI=1S/C19H30N4O2/c1-15-7-5-8-17(16(15)2)22-11-13-23(14-12-22)19(25)18(24)20-9-6-10-21(3)4/h5,7-8H,6,9-14H2,1-4H3,(H,20,24). The molecule has 6 heteroatoms. The number of hydrogen-bond acceptors (Lipinski definition) is 4. The minimum absolute atomic E-state index is 0.412. The van der Waals surface area contributed by atoms with E-state index in [1.54, 1.807) is 4.90 Å². The van der Waals surface area contributed by atoms with Gasteiger partial charge in [0.1, 0.15) is 0 Å². The Balaban J connectivity index is 1.82. The Labute approximate surface area is 150 Å². The van der Waals surface area contributed by atoms with Crippen LogP contribution in [-0.4, -0.2) is 75.0 Å². The highest BCUT2D eigenvalue weighted by molar-refractivity contribution is 6.35. The second-order valence-corrected chi connectivity index (χ2v) is 6.91. The highest BCUT2D eigenvalue weighted by Gasteiger charge is 2.26. The van der Waals surface area contributed by atoms with Gasteiger partial charge in [-0.25, -0.2) is 0 Å². The van der Waals surface area contributed by atoms with E-state index in [2.05, 4.69) is 47.2 Å². The second-order valence-electron chi connectivity index (χ2n) is 6.91. The molecule has 1 aliphatic heterocycles. The fourth-order valence-corrected chi connectivity index (χ4v) is 3.05. The van der Waals surface area contributed by atoms with Crippen molar-refractivity contribution in [2.24, 2.45) is 0 Å². The molecule has 2 rings (SSSR count). The normalized spacial score (nSPS) is 14.8. The molecular formula is C19H30N4O2. The Kier molecular flexibility index (Phi) is 6.82. The Morgan fingerprint density at radius 3 is 2.44 bits per heavy atom. The van der Waals surface area contributed by atoms with E-state index in [4.69, 9.17) is 0 Å². The average molecular weight is 346 g/mol. The monoisotopic (exact) mass is 346 g/mol. The molecule has 1 fully saturated rings. The van der Waals surface area contributed by atoms with Crippen molar-refractivity contribution < 1.29 is 9.59 Å². The van der Waals surface area contributed by atoms with Crippen LogP contribution in [0.15, 0.2) is 18.2 Å². The number of anilines is 1. The van der Waals surface area contributed by atoms with E-state index in [1.165, 1.54) is 16.8 Å². The third-order valence-corrected chi connectivity index (χ3v) is 4.75. The topological polar surface area (TPSA) is 55.9 Å². The molecular weight excluding hydrogens is 316 g/mol. The van der Waals surface area contributed by atoms with Crippen LogP contribution in [0.4, 0.5) is 5.69 Å². The van der Waals surface area contributed by atoms with Crippen molar-refractivity contribution in [1.29, 1.82) is 0 Å². The smallest absolute Gasteiger partial charge is 0.312 e. The number of amides is 2. The van der Waals surface area contributed by atoms with Crippen molar-refractivity contribution in [3.05, 3.63) is 29.3 Å². The first-order valence-corrected chi connectivity index (χ1v) is 8.93. The van der Waals surface area contributed by atoms with Gasteiger partial charge in [0.2, 0.25) is 0 Å². The van der Waals surface area contributed by atoms with E-state index in [0.29, 0.717) is 19.6 Å². The van der Waals surface area contributed by atoms with Gasteiger partial charge in [-0.2, -0.15) is 0 Å². The van der Waals surface area contributed by atoms with Gasteiger partial charge >= 0.3 is 11.8 Å². The molecule has 138 valence electrons. The molecule has 0 radical (unpaired) electrons. The molecule has 1 heterocycles. The lowest BCUT2D eigenvalue weighted by Crippen LogP contribution is -2.53. The fraction of sp³-hybridized carbons (Fsp3) is 0.579. The quantitative estimate of drug-likeness (QED) is 0.639. The molecule has 0 atom stereocenters. The third kappa shape index (κ3) is 5.19. The number of rotatable bonds is 5. The van der Waals surface area contributed by atoms with Gasteiger partial charge in [-0.05, 0) is 58.1 Å². The van der Waals surface area contributed by atoms with Crippen molar-refractivity contribution in [3.63, 3.8) is 0 Å². The number of carbonyl (C=O) groups excluding carboxylic acids is 2. The van der Waals surface area contributed by atoms with Crippen molar-refractivity contribution in [2.75, 3.05) is 58.3 Å². The Bertz CT molecular complexity index is 607. The predicted molar refractivity (Wildman–Crippen MR) is 101 cm³/mol. The molecule has 0 aliphatic carbocycles. The maximum Gasteiger partial charge on any atom is 0.312 e. The van der Waals surface area contributed by atoms with Crippen molar-refractivity contribution in [1.82, 2.24) is 15.1 Å². The molecule has 1 aliphatic rings. The number of aryl methyl sites for hydroxylation is 1. The maximum absolute atomic E-state index is 12.3. The van der Waals surface area contributed by atoms with Gasteiger partial charge < -0.3 is 20.0 Å².